The van der Waals surface area contributed by atoms with Crippen molar-refractivity contribution in [1.29, 1.82) is 5.26 Å². The number of benzene rings is 1. The summed E-state index contributed by atoms with van der Waals surface area (Å²) in [5.41, 5.74) is 9.61. The number of hydrogen-bond donors (Lipinski definition) is 2. The lowest BCUT2D eigenvalue weighted by atomic mass is 10.0. The molecule has 3 N–H and O–H groups in total. The first-order valence-corrected chi connectivity index (χ1v) is 11.9. The average Bonchev–Trinajstić information content (AvgIpc) is 3.66. The predicted molar refractivity (Wildman–Crippen MR) is 120 cm³/mol. The molecule has 5 atom stereocenters. The molecule has 11 heteroatoms. The van der Waals surface area contributed by atoms with Gasteiger partial charge in [-0.05, 0) is 54.5 Å². The van der Waals surface area contributed by atoms with Gasteiger partial charge in [0.25, 0.3) is 0 Å². The lowest BCUT2D eigenvalue weighted by Crippen LogP contribution is -2.56. The second kappa shape index (κ2) is 8.14. The van der Waals surface area contributed by atoms with Crippen molar-refractivity contribution in [2.45, 2.75) is 62.3 Å². The summed E-state index contributed by atoms with van der Waals surface area (Å²) in [7, 11) is 0. The van der Waals surface area contributed by atoms with Gasteiger partial charge < -0.3 is 15.5 Å². The van der Waals surface area contributed by atoms with Gasteiger partial charge in [0.2, 0.25) is 17.6 Å². The number of tetrazole rings is 1. The zero-order valence-electron chi connectivity index (χ0n) is 18.8. The number of likely N-dealkylation sites (tertiary alicyclic amines) is 3. The van der Waals surface area contributed by atoms with E-state index in [4.69, 9.17) is 5.73 Å². The third kappa shape index (κ3) is 3.28. The Morgan fingerprint density at radius 2 is 2.21 bits per heavy atom. The van der Waals surface area contributed by atoms with Gasteiger partial charge >= 0.3 is 0 Å². The van der Waals surface area contributed by atoms with E-state index in [0.717, 1.165) is 37.8 Å². The number of aromatic amines is 1. The maximum Gasteiger partial charge on any atom is 0.241 e. The molecule has 1 unspecified atom stereocenters. The van der Waals surface area contributed by atoms with Crippen LogP contribution in [0.4, 0.5) is 0 Å². The molecular weight excluding hydrogens is 434 g/mol. The van der Waals surface area contributed by atoms with Gasteiger partial charge in [-0.25, -0.2) is 0 Å². The van der Waals surface area contributed by atoms with Crippen LogP contribution in [0.15, 0.2) is 18.2 Å². The van der Waals surface area contributed by atoms with Gasteiger partial charge in [0.15, 0.2) is 0 Å². The van der Waals surface area contributed by atoms with E-state index in [1.54, 1.807) is 4.90 Å². The summed E-state index contributed by atoms with van der Waals surface area (Å²) in [6, 6.07) is 7.26. The van der Waals surface area contributed by atoms with Crippen LogP contribution in [0.2, 0.25) is 0 Å². The highest BCUT2D eigenvalue weighted by molar-refractivity contribution is 5.87. The number of nitrogens with zero attached hydrogens (tertiary/aromatic N) is 7. The van der Waals surface area contributed by atoms with Crippen molar-refractivity contribution in [2.24, 2.45) is 5.73 Å². The highest BCUT2D eigenvalue weighted by Gasteiger charge is 2.53. The van der Waals surface area contributed by atoms with Crippen LogP contribution in [0.3, 0.4) is 0 Å². The SMILES string of the molecule is N#C[C@@H]1CCCN1C(=O)[C@@H](N)CN1CC2C[C@@H]1C(=O)N2[C@H]1CCc2cc(-c3nn[nH]n3)ccc21. The number of carbonyl (C=O) groups excluding carboxylic acids is 2. The Morgan fingerprint density at radius 1 is 1.32 bits per heavy atom. The molecule has 176 valence electrons. The number of nitrogens with one attached hydrogen (secondary N) is 1. The molecule has 34 heavy (non-hydrogen) atoms. The maximum atomic E-state index is 13.4. The van der Waals surface area contributed by atoms with Crippen LogP contribution in [-0.2, 0) is 16.0 Å². The van der Waals surface area contributed by atoms with Crippen molar-refractivity contribution in [3.8, 4) is 17.5 Å². The quantitative estimate of drug-likeness (QED) is 0.631. The van der Waals surface area contributed by atoms with E-state index in [0.29, 0.717) is 25.3 Å². The molecule has 2 aromatic rings. The van der Waals surface area contributed by atoms with Crippen LogP contribution in [0.1, 0.15) is 42.9 Å². The molecule has 4 aliphatic rings. The van der Waals surface area contributed by atoms with Gasteiger partial charge in [-0.1, -0.05) is 12.1 Å². The Hall–Kier alpha value is -3.36. The Labute approximate surface area is 196 Å². The van der Waals surface area contributed by atoms with Gasteiger partial charge in [0.1, 0.15) is 6.04 Å². The molecular formula is C23H27N9O2. The highest BCUT2D eigenvalue weighted by atomic mass is 16.2. The van der Waals surface area contributed by atoms with Gasteiger partial charge in [0, 0.05) is 31.2 Å². The number of carbonyl (C=O) groups is 2. The Kier molecular flexibility index (Phi) is 5.08. The largest absolute Gasteiger partial charge is 0.330 e. The summed E-state index contributed by atoms with van der Waals surface area (Å²) in [5, 5.41) is 23.5. The fourth-order valence-electron chi connectivity index (χ4n) is 6.32. The number of rotatable bonds is 5. The van der Waals surface area contributed by atoms with E-state index >= 15 is 0 Å². The Balaban J connectivity index is 1.13. The molecule has 3 saturated heterocycles. The van der Waals surface area contributed by atoms with Crippen LogP contribution >= 0.6 is 0 Å². The first-order valence-electron chi connectivity index (χ1n) is 11.9. The van der Waals surface area contributed by atoms with Gasteiger partial charge in [-0.15, -0.1) is 10.2 Å². The minimum Gasteiger partial charge on any atom is -0.330 e. The minimum atomic E-state index is -0.717. The van der Waals surface area contributed by atoms with Crippen LogP contribution in [-0.4, -0.2) is 90.9 Å². The molecule has 2 bridgehead atoms. The highest BCUT2D eigenvalue weighted by Crippen LogP contribution is 2.44. The number of piperazine rings is 1. The minimum absolute atomic E-state index is 0.0789. The van der Waals surface area contributed by atoms with E-state index in [-0.39, 0.29) is 36.0 Å². The monoisotopic (exact) mass is 461 g/mol. The van der Waals surface area contributed by atoms with Crippen molar-refractivity contribution >= 4 is 11.8 Å². The second-order valence-electron chi connectivity index (χ2n) is 9.73. The first kappa shape index (κ1) is 21.2. The third-order valence-electron chi connectivity index (χ3n) is 7.88. The topological polar surface area (TPSA) is 148 Å². The van der Waals surface area contributed by atoms with E-state index in [9.17, 15) is 14.9 Å². The number of aryl methyl sites for hydroxylation is 1. The second-order valence-corrected chi connectivity index (χ2v) is 9.73. The van der Waals surface area contributed by atoms with Gasteiger partial charge in [0.05, 0.1) is 24.2 Å². The van der Waals surface area contributed by atoms with Crippen LogP contribution in [0.25, 0.3) is 11.4 Å². The van der Waals surface area contributed by atoms with Crippen LogP contribution in [0, 0.1) is 11.3 Å². The zero-order valence-corrected chi connectivity index (χ0v) is 18.8. The molecule has 0 saturated carbocycles. The molecule has 6 rings (SSSR count). The smallest absolute Gasteiger partial charge is 0.241 e. The Morgan fingerprint density at radius 3 is 2.97 bits per heavy atom. The zero-order chi connectivity index (χ0) is 23.4. The molecule has 0 spiro atoms. The van der Waals surface area contributed by atoms with Crippen molar-refractivity contribution in [3.05, 3.63) is 29.3 Å². The summed E-state index contributed by atoms with van der Waals surface area (Å²) >= 11 is 0. The standard InChI is InChI=1S/C23H27N9O2/c24-10-15-2-1-7-31(15)22(33)18(25)12-30-11-16-9-20(30)23(34)32(16)19-6-4-13-8-14(3-5-17(13)19)21-26-28-29-27-21/h3,5,8,15-16,18-20H,1-2,4,6-7,9,11-12,25H2,(H,26,27,28,29)/t15-,16?,18-,19-,20+/m0/s1. The molecule has 1 aromatic carbocycles. The number of hydrogen-bond acceptors (Lipinski definition) is 8. The number of nitriles is 1. The van der Waals surface area contributed by atoms with E-state index in [1.807, 2.05) is 6.07 Å². The summed E-state index contributed by atoms with van der Waals surface area (Å²) in [4.78, 5) is 32.0. The predicted octanol–water partition coefficient (Wildman–Crippen LogP) is -0.0190. The molecule has 1 aliphatic carbocycles. The van der Waals surface area contributed by atoms with Crippen LogP contribution < -0.4 is 5.73 Å². The normalized spacial score (nSPS) is 29.0. The fraction of sp³-hybridized carbons (Fsp3) is 0.565. The van der Waals surface area contributed by atoms with Crippen molar-refractivity contribution in [3.63, 3.8) is 0 Å². The Bertz CT molecular complexity index is 1160. The summed E-state index contributed by atoms with van der Waals surface area (Å²) in [6.45, 7) is 1.66. The van der Waals surface area contributed by atoms with Crippen molar-refractivity contribution in [2.75, 3.05) is 19.6 Å². The average molecular weight is 462 g/mol. The van der Waals surface area contributed by atoms with Crippen molar-refractivity contribution < 1.29 is 9.59 Å². The molecule has 1 aromatic heterocycles. The number of aromatic nitrogens is 4. The van der Waals surface area contributed by atoms with E-state index < -0.39 is 6.04 Å². The fourth-order valence-corrected chi connectivity index (χ4v) is 6.32. The number of amides is 2. The van der Waals surface area contributed by atoms with E-state index in [2.05, 4.69) is 48.6 Å². The summed E-state index contributed by atoms with van der Waals surface area (Å²) in [5.74, 6) is 0.518. The van der Waals surface area contributed by atoms with Crippen molar-refractivity contribution in [1.82, 2.24) is 35.3 Å². The molecule has 2 amide bonds. The lowest BCUT2D eigenvalue weighted by molar-refractivity contribution is -0.141. The number of fused-ring (bicyclic) bond motifs is 3. The number of H-pyrrole nitrogens is 1. The van der Waals surface area contributed by atoms with Gasteiger partial charge in [-0.2, -0.15) is 10.5 Å². The van der Waals surface area contributed by atoms with Gasteiger partial charge in [-0.3, -0.25) is 14.5 Å². The molecule has 3 aliphatic heterocycles. The summed E-state index contributed by atoms with van der Waals surface area (Å²) < 4.78 is 0. The number of nitrogens with two attached hydrogens (primary N) is 1. The third-order valence-corrected chi connectivity index (χ3v) is 7.88. The molecule has 4 heterocycles. The molecule has 3 fully saturated rings. The van der Waals surface area contributed by atoms with E-state index in [1.165, 1.54) is 11.1 Å². The summed E-state index contributed by atoms with van der Waals surface area (Å²) in [6.07, 6.45) is 4.12. The maximum absolute atomic E-state index is 13.4. The lowest BCUT2D eigenvalue weighted by Gasteiger charge is -2.38. The van der Waals surface area contributed by atoms with Crippen LogP contribution in [0.5, 0.6) is 0 Å². The molecule has 11 nitrogen and oxygen atoms in total. The molecule has 0 radical (unpaired) electrons. The first-order chi connectivity index (χ1) is 16.5.